The maximum Gasteiger partial charge on any atom is 0.255 e. The molecule has 0 radical (unpaired) electrons. The van der Waals surface area contributed by atoms with Crippen molar-refractivity contribution in [3.8, 4) is 0 Å². The number of nitrogens with two attached hydrogens (primary N) is 1. The predicted octanol–water partition coefficient (Wildman–Crippen LogP) is 3.21. The third-order valence-electron chi connectivity index (χ3n) is 3.03. The third kappa shape index (κ3) is 4.03. The molecular weight excluding hydrogens is 282 g/mol. The topological polar surface area (TPSA) is 67.2 Å². The summed E-state index contributed by atoms with van der Waals surface area (Å²) in [6.45, 7) is 3.88. The molecule has 0 aliphatic heterocycles. The third-order valence-corrected chi connectivity index (χ3v) is 3.14. The number of hydrogen-bond donors (Lipinski definition) is 3. The SMILES string of the molecule is Cc1cccc(C(=O)Nc2cc(NC(N)=S)ccc2C)c1. The zero-order valence-corrected chi connectivity index (χ0v) is 12.8. The predicted molar refractivity (Wildman–Crippen MR) is 90.7 cm³/mol. The normalized spacial score (nSPS) is 10.0. The highest BCUT2D eigenvalue weighted by atomic mass is 32.1. The quantitative estimate of drug-likeness (QED) is 0.761. The van der Waals surface area contributed by atoms with Gasteiger partial charge in [0.15, 0.2) is 5.11 Å². The van der Waals surface area contributed by atoms with Crippen molar-refractivity contribution >= 4 is 34.6 Å². The fourth-order valence-electron chi connectivity index (χ4n) is 1.96. The molecule has 108 valence electrons. The summed E-state index contributed by atoms with van der Waals surface area (Å²) in [5.74, 6) is -0.144. The number of hydrogen-bond acceptors (Lipinski definition) is 2. The van der Waals surface area contributed by atoms with Gasteiger partial charge in [-0.2, -0.15) is 0 Å². The average molecular weight is 299 g/mol. The number of aryl methyl sites for hydroxylation is 2. The Hall–Kier alpha value is -2.40. The van der Waals surface area contributed by atoms with Crippen molar-refractivity contribution < 1.29 is 4.79 Å². The van der Waals surface area contributed by atoms with Gasteiger partial charge in [0, 0.05) is 16.9 Å². The van der Waals surface area contributed by atoms with E-state index in [1.807, 2.05) is 50.2 Å². The van der Waals surface area contributed by atoms with Gasteiger partial charge < -0.3 is 16.4 Å². The molecule has 0 aliphatic rings. The van der Waals surface area contributed by atoms with Crippen LogP contribution in [0.1, 0.15) is 21.5 Å². The molecule has 2 aromatic carbocycles. The van der Waals surface area contributed by atoms with Crippen molar-refractivity contribution in [2.45, 2.75) is 13.8 Å². The average Bonchev–Trinajstić information content (AvgIpc) is 2.42. The Balaban J connectivity index is 2.22. The van der Waals surface area contributed by atoms with Gasteiger partial charge in [0.25, 0.3) is 5.91 Å². The number of carbonyl (C=O) groups excluding carboxylic acids is 1. The van der Waals surface area contributed by atoms with Gasteiger partial charge in [-0.05, 0) is 55.9 Å². The minimum atomic E-state index is -0.144. The van der Waals surface area contributed by atoms with Crippen LogP contribution in [-0.4, -0.2) is 11.0 Å². The largest absolute Gasteiger partial charge is 0.376 e. The monoisotopic (exact) mass is 299 g/mol. The van der Waals surface area contributed by atoms with Crippen LogP contribution in [0.15, 0.2) is 42.5 Å². The lowest BCUT2D eigenvalue weighted by Gasteiger charge is -2.11. The van der Waals surface area contributed by atoms with Crippen molar-refractivity contribution in [2.24, 2.45) is 5.73 Å². The molecular formula is C16H17N3OS. The molecule has 4 N–H and O–H groups in total. The maximum atomic E-state index is 12.3. The molecule has 0 unspecified atom stereocenters. The van der Waals surface area contributed by atoms with E-state index in [4.69, 9.17) is 18.0 Å². The molecule has 0 atom stereocenters. The second-order valence-electron chi connectivity index (χ2n) is 4.84. The minimum Gasteiger partial charge on any atom is -0.376 e. The van der Waals surface area contributed by atoms with E-state index in [9.17, 15) is 4.79 Å². The van der Waals surface area contributed by atoms with Crippen LogP contribution < -0.4 is 16.4 Å². The van der Waals surface area contributed by atoms with E-state index in [0.29, 0.717) is 5.56 Å². The number of amides is 1. The van der Waals surface area contributed by atoms with Crippen LogP contribution in [0.25, 0.3) is 0 Å². The molecule has 1 amide bonds. The van der Waals surface area contributed by atoms with Gasteiger partial charge in [-0.25, -0.2) is 0 Å². The lowest BCUT2D eigenvalue weighted by molar-refractivity contribution is 0.102. The lowest BCUT2D eigenvalue weighted by Crippen LogP contribution is -2.19. The van der Waals surface area contributed by atoms with E-state index in [1.165, 1.54) is 0 Å². The Kier molecular flexibility index (Phi) is 4.55. The summed E-state index contributed by atoms with van der Waals surface area (Å²) >= 11 is 4.81. The van der Waals surface area contributed by atoms with Crippen LogP contribution in [0.2, 0.25) is 0 Å². The van der Waals surface area contributed by atoms with Gasteiger partial charge in [-0.1, -0.05) is 23.8 Å². The fourth-order valence-corrected chi connectivity index (χ4v) is 2.08. The van der Waals surface area contributed by atoms with Gasteiger partial charge in [0.2, 0.25) is 0 Å². The Morgan fingerprint density at radius 3 is 2.52 bits per heavy atom. The Bertz CT molecular complexity index is 698. The summed E-state index contributed by atoms with van der Waals surface area (Å²) in [6, 6.07) is 13.0. The second-order valence-corrected chi connectivity index (χ2v) is 5.28. The molecule has 0 aromatic heterocycles. The highest BCUT2D eigenvalue weighted by Crippen LogP contribution is 2.21. The van der Waals surface area contributed by atoms with Crippen LogP contribution in [0.5, 0.6) is 0 Å². The number of rotatable bonds is 3. The maximum absolute atomic E-state index is 12.3. The molecule has 2 aromatic rings. The van der Waals surface area contributed by atoms with Gasteiger partial charge in [0.05, 0.1) is 0 Å². The highest BCUT2D eigenvalue weighted by molar-refractivity contribution is 7.80. The molecule has 21 heavy (non-hydrogen) atoms. The first-order valence-corrected chi connectivity index (χ1v) is 6.91. The molecule has 0 heterocycles. The summed E-state index contributed by atoms with van der Waals surface area (Å²) in [5, 5.41) is 5.95. The van der Waals surface area contributed by atoms with Crippen LogP contribution >= 0.6 is 12.2 Å². The fraction of sp³-hybridized carbons (Fsp3) is 0.125. The van der Waals surface area contributed by atoms with E-state index < -0.39 is 0 Å². The number of thiocarbonyl (C=S) groups is 1. The number of carbonyl (C=O) groups is 1. The summed E-state index contributed by atoms with van der Waals surface area (Å²) in [7, 11) is 0. The van der Waals surface area contributed by atoms with Crippen LogP contribution in [0.4, 0.5) is 11.4 Å². The van der Waals surface area contributed by atoms with E-state index in [1.54, 1.807) is 6.07 Å². The molecule has 0 fully saturated rings. The van der Waals surface area contributed by atoms with Crippen LogP contribution in [0, 0.1) is 13.8 Å². The molecule has 0 saturated carbocycles. The first-order chi connectivity index (χ1) is 9.95. The van der Waals surface area contributed by atoms with E-state index >= 15 is 0 Å². The van der Waals surface area contributed by atoms with E-state index in [2.05, 4.69) is 10.6 Å². The van der Waals surface area contributed by atoms with E-state index in [-0.39, 0.29) is 11.0 Å². The van der Waals surface area contributed by atoms with Crippen LogP contribution in [-0.2, 0) is 0 Å². The molecule has 0 saturated heterocycles. The minimum absolute atomic E-state index is 0.144. The van der Waals surface area contributed by atoms with Crippen molar-refractivity contribution in [1.82, 2.24) is 0 Å². The zero-order valence-electron chi connectivity index (χ0n) is 11.9. The summed E-state index contributed by atoms with van der Waals surface area (Å²) in [4.78, 5) is 12.3. The highest BCUT2D eigenvalue weighted by Gasteiger charge is 2.08. The van der Waals surface area contributed by atoms with Crippen molar-refractivity contribution in [3.63, 3.8) is 0 Å². The zero-order chi connectivity index (χ0) is 15.4. The number of benzene rings is 2. The Morgan fingerprint density at radius 2 is 1.86 bits per heavy atom. The van der Waals surface area contributed by atoms with Gasteiger partial charge in [0.1, 0.15) is 0 Å². The van der Waals surface area contributed by atoms with Gasteiger partial charge in [-0.3, -0.25) is 4.79 Å². The van der Waals surface area contributed by atoms with Crippen molar-refractivity contribution in [1.29, 1.82) is 0 Å². The Labute approximate surface area is 129 Å². The summed E-state index contributed by atoms with van der Waals surface area (Å²) in [5.41, 5.74) is 9.56. The molecule has 0 spiro atoms. The summed E-state index contributed by atoms with van der Waals surface area (Å²) in [6.07, 6.45) is 0. The molecule has 5 heteroatoms. The lowest BCUT2D eigenvalue weighted by atomic mass is 10.1. The van der Waals surface area contributed by atoms with Crippen molar-refractivity contribution in [3.05, 3.63) is 59.2 Å². The van der Waals surface area contributed by atoms with Gasteiger partial charge >= 0.3 is 0 Å². The molecule has 0 aliphatic carbocycles. The smallest absolute Gasteiger partial charge is 0.255 e. The van der Waals surface area contributed by atoms with Crippen LogP contribution in [0.3, 0.4) is 0 Å². The Morgan fingerprint density at radius 1 is 1.10 bits per heavy atom. The molecule has 0 bridgehead atoms. The molecule has 2 rings (SSSR count). The summed E-state index contributed by atoms with van der Waals surface area (Å²) < 4.78 is 0. The number of nitrogens with one attached hydrogen (secondary N) is 2. The standard InChI is InChI=1S/C16H17N3OS/c1-10-4-3-5-12(8-10)15(20)19-14-9-13(18-16(17)21)7-6-11(14)2/h3-9H,1-2H3,(H,19,20)(H3,17,18,21). The van der Waals surface area contributed by atoms with E-state index in [0.717, 1.165) is 22.5 Å². The van der Waals surface area contributed by atoms with Gasteiger partial charge in [-0.15, -0.1) is 0 Å². The van der Waals surface area contributed by atoms with Crippen molar-refractivity contribution in [2.75, 3.05) is 10.6 Å². The second kappa shape index (κ2) is 6.37. The molecule has 4 nitrogen and oxygen atoms in total. The number of anilines is 2. The first-order valence-electron chi connectivity index (χ1n) is 6.51. The first kappa shape index (κ1) is 15.0.